The number of carbonyl (C=O) groups excluding carboxylic acids is 2. The first-order valence-electron chi connectivity index (χ1n) is 10.9. The quantitative estimate of drug-likeness (QED) is 0.582. The minimum Gasteiger partial charge on any atom is -0.449 e. The van der Waals surface area contributed by atoms with Gasteiger partial charge in [0.1, 0.15) is 0 Å². The molecule has 2 N–H and O–H groups in total. The maximum Gasteiger partial charge on any atom is 0.407 e. The Morgan fingerprint density at radius 2 is 1.69 bits per heavy atom. The lowest BCUT2D eigenvalue weighted by Crippen LogP contribution is -2.28. The van der Waals surface area contributed by atoms with Crippen LogP contribution in [0.4, 0.5) is 10.5 Å². The van der Waals surface area contributed by atoms with Crippen molar-refractivity contribution in [3.8, 4) is 11.4 Å². The second-order valence-corrected chi connectivity index (χ2v) is 8.36. The van der Waals surface area contributed by atoms with Crippen LogP contribution in [0.1, 0.15) is 41.1 Å². The predicted octanol–water partition coefficient (Wildman–Crippen LogP) is 4.39. The van der Waals surface area contributed by atoms with Crippen LogP contribution in [0.15, 0.2) is 67.0 Å². The van der Waals surface area contributed by atoms with Gasteiger partial charge in [0.25, 0.3) is 5.91 Å². The van der Waals surface area contributed by atoms with Gasteiger partial charge in [-0.1, -0.05) is 12.1 Å². The molecule has 0 unspecified atom stereocenters. The van der Waals surface area contributed by atoms with Gasteiger partial charge in [-0.15, -0.1) is 0 Å². The first-order chi connectivity index (χ1) is 15.7. The van der Waals surface area contributed by atoms with E-state index in [4.69, 9.17) is 4.74 Å². The average molecular weight is 428 g/mol. The third kappa shape index (κ3) is 4.94. The Morgan fingerprint density at radius 3 is 2.38 bits per heavy atom. The standard InChI is InChI=1S/C25H24N4O3/c30-24(28-20-10-8-18(9-11-20)23-26-12-1-13-27-23)19-6-4-17(5-7-19)21-14-22(21)29-25(31)32-15-16-2-3-16/h1,4-13,16,21-22H,2-3,14-15H2,(H,28,30)(H,29,31)/t21-,22+/m0/s1. The van der Waals surface area contributed by atoms with E-state index in [-0.39, 0.29) is 24.0 Å². The van der Waals surface area contributed by atoms with Gasteiger partial charge in [-0.3, -0.25) is 4.79 Å². The number of rotatable bonds is 7. The van der Waals surface area contributed by atoms with Crippen LogP contribution in [0.25, 0.3) is 11.4 Å². The van der Waals surface area contributed by atoms with E-state index in [1.165, 1.54) is 0 Å². The smallest absolute Gasteiger partial charge is 0.407 e. The molecule has 2 fully saturated rings. The van der Waals surface area contributed by atoms with E-state index in [0.29, 0.717) is 29.6 Å². The summed E-state index contributed by atoms with van der Waals surface area (Å²) in [5, 5.41) is 5.83. The number of carbonyl (C=O) groups is 2. The highest BCUT2D eigenvalue weighted by atomic mass is 16.5. The van der Waals surface area contributed by atoms with Crippen molar-refractivity contribution in [1.29, 1.82) is 0 Å². The van der Waals surface area contributed by atoms with Crippen molar-refractivity contribution in [3.05, 3.63) is 78.1 Å². The van der Waals surface area contributed by atoms with Crippen molar-refractivity contribution in [3.63, 3.8) is 0 Å². The molecule has 7 heteroatoms. The summed E-state index contributed by atoms with van der Waals surface area (Å²) in [6.07, 6.45) is 6.28. The Kier molecular flexibility index (Phi) is 5.54. The van der Waals surface area contributed by atoms with Crippen molar-refractivity contribution < 1.29 is 14.3 Å². The van der Waals surface area contributed by atoms with E-state index < -0.39 is 0 Å². The molecule has 2 aliphatic carbocycles. The highest BCUT2D eigenvalue weighted by Gasteiger charge is 2.40. The van der Waals surface area contributed by atoms with Gasteiger partial charge in [-0.25, -0.2) is 14.8 Å². The Hall–Kier alpha value is -3.74. The topological polar surface area (TPSA) is 93.2 Å². The summed E-state index contributed by atoms with van der Waals surface area (Å²) in [4.78, 5) is 32.9. The Bertz CT molecular complexity index is 1100. The molecule has 0 spiro atoms. The molecule has 2 saturated carbocycles. The molecule has 32 heavy (non-hydrogen) atoms. The van der Waals surface area contributed by atoms with E-state index in [1.54, 1.807) is 18.5 Å². The SMILES string of the molecule is O=C(N[C@@H]1C[C@H]1c1ccc(C(=O)Nc2ccc(-c3ncccn3)cc2)cc1)OCC1CC1. The third-order valence-electron chi connectivity index (χ3n) is 5.81. The van der Waals surface area contributed by atoms with Crippen LogP contribution in [0, 0.1) is 5.92 Å². The zero-order valence-corrected chi connectivity index (χ0v) is 17.5. The molecular weight excluding hydrogens is 404 g/mol. The van der Waals surface area contributed by atoms with Gasteiger partial charge in [0, 0.05) is 41.2 Å². The van der Waals surface area contributed by atoms with Crippen molar-refractivity contribution in [2.75, 3.05) is 11.9 Å². The lowest BCUT2D eigenvalue weighted by Gasteiger charge is -2.08. The normalized spacial score (nSPS) is 19.1. The lowest BCUT2D eigenvalue weighted by molar-refractivity contribution is 0.102. The molecule has 2 aliphatic rings. The maximum atomic E-state index is 12.6. The molecule has 0 aliphatic heterocycles. The van der Waals surface area contributed by atoms with Gasteiger partial charge in [0.15, 0.2) is 5.82 Å². The predicted molar refractivity (Wildman–Crippen MR) is 120 cm³/mol. The number of alkyl carbamates (subject to hydrolysis) is 1. The molecule has 5 rings (SSSR count). The first-order valence-corrected chi connectivity index (χ1v) is 10.9. The molecule has 3 aromatic rings. The van der Waals surface area contributed by atoms with Crippen LogP contribution in [0.2, 0.25) is 0 Å². The van der Waals surface area contributed by atoms with Crippen molar-refractivity contribution >= 4 is 17.7 Å². The summed E-state index contributed by atoms with van der Waals surface area (Å²) in [5.41, 5.74) is 3.28. The van der Waals surface area contributed by atoms with Crippen LogP contribution >= 0.6 is 0 Å². The fraction of sp³-hybridized carbons (Fsp3) is 0.280. The average Bonchev–Trinajstić information content (AvgIpc) is 3.75. The number of benzene rings is 2. The van der Waals surface area contributed by atoms with Crippen molar-refractivity contribution in [2.24, 2.45) is 5.92 Å². The monoisotopic (exact) mass is 428 g/mol. The minimum absolute atomic E-state index is 0.105. The summed E-state index contributed by atoms with van der Waals surface area (Å²) >= 11 is 0. The van der Waals surface area contributed by atoms with Gasteiger partial charge in [-0.05, 0) is 73.2 Å². The van der Waals surface area contributed by atoms with Gasteiger partial charge in [-0.2, -0.15) is 0 Å². The van der Waals surface area contributed by atoms with Crippen LogP contribution < -0.4 is 10.6 Å². The number of hydrogen-bond donors (Lipinski definition) is 2. The summed E-state index contributed by atoms with van der Waals surface area (Å²) in [6, 6.07) is 16.8. The van der Waals surface area contributed by atoms with E-state index in [0.717, 1.165) is 30.4 Å². The van der Waals surface area contributed by atoms with Gasteiger partial charge < -0.3 is 15.4 Å². The van der Waals surface area contributed by atoms with Crippen LogP contribution in [-0.4, -0.2) is 34.6 Å². The van der Waals surface area contributed by atoms with E-state index in [9.17, 15) is 9.59 Å². The minimum atomic E-state index is -0.328. The molecule has 0 bridgehead atoms. The van der Waals surface area contributed by atoms with E-state index >= 15 is 0 Å². The first kappa shape index (κ1) is 20.2. The highest BCUT2D eigenvalue weighted by molar-refractivity contribution is 6.04. The van der Waals surface area contributed by atoms with E-state index in [2.05, 4.69) is 20.6 Å². The molecule has 0 saturated heterocycles. The van der Waals surface area contributed by atoms with Gasteiger partial charge in [0.05, 0.1) is 6.61 Å². The van der Waals surface area contributed by atoms with Crippen molar-refractivity contribution in [1.82, 2.24) is 15.3 Å². The van der Waals surface area contributed by atoms with Gasteiger partial charge in [0.2, 0.25) is 0 Å². The zero-order chi connectivity index (χ0) is 21.9. The molecule has 7 nitrogen and oxygen atoms in total. The fourth-order valence-corrected chi connectivity index (χ4v) is 3.63. The molecule has 1 heterocycles. The number of nitrogens with one attached hydrogen (secondary N) is 2. The van der Waals surface area contributed by atoms with Crippen molar-refractivity contribution in [2.45, 2.75) is 31.2 Å². The fourth-order valence-electron chi connectivity index (χ4n) is 3.63. The number of hydrogen-bond acceptors (Lipinski definition) is 5. The Balaban J connectivity index is 1.13. The largest absolute Gasteiger partial charge is 0.449 e. The second-order valence-electron chi connectivity index (χ2n) is 8.36. The summed E-state index contributed by atoms with van der Waals surface area (Å²) in [5.74, 6) is 1.30. The molecule has 0 radical (unpaired) electrons. The molecule has 1 aromatic heterocycles. The molecule has 2 amide bonds. The number of nitrogens with zero attached hydrogens (tertiary/aromatic N) is 2. The summed E-state index contributed by atoms with van der Waals surface area (Å²) < 4.78 is 5.23. The van der Waals surface area contributed by atoms with Gasteiger partial charge >= 0.3 is 6.09 Å². The lowest BCUT2D eigenvalue weighted by atomic mass is 10.1. The number of ether oxygens (including phenoxy) is 1. The number of amides is 2. The summed E-state index contributed by atoms with van der Waals surface area (Å²) in [7, 11) is 0. The zero-order valence-electron chi connectivity index (χ0n) is 17.5. The Labute approximate surface area is 186 Å². The summed E-state index contributed by atoms with van der Waals surface area (Å²) in [6.45, 7) is 0.524. The molecule has 162 valence electrons. The van der Waals surface area contributed by atoms with Crippen LogP contribution in [0.3, 0.4) is 0 Å². The third-order valence-corrected chi connectivity index (χ3v) is 5.81. The van der Waals surface area contributed by atoms with Crippen LogP contribution in [0.5, 0.6) is 0 Å². The second kappa shape index (κ2) is 8.78. The maximum absolute atomic E-state index is 12.6. The highest BCUT2D eigenvalue weighted by Crippen LogP contribution is 2.41. The van der Waals surface area contributed by atoms with Crippen LogP contribution in [-0.2, 0) is 4.74 Å². The Morgan fingerprint density at radius 1 is 0.969 bits per heavy atom. The molecule has 2 aromatic carbocycles. The molecule has 2 atom stereocenters. The molecular formula is C25H24N4O3. The number of aromatic nitrogens is 2. The van der Waals surface area contributed by atoms with E-state index in [1.807, 2.05) is 48.5 Å². The number of anilines is 1.